The lowest BCUT2D eigenvalue weighted by molar-refractivity contribution is -0.131. The average Bonchev–Trinajstić information content (AvgIpc) is 3.16. The van der Waals surface area contributed by atoms with Crippen molar-refractivity contribution in [1.82, 2.24) is 10.2 Å². The summed E-state index contributed by atoms with van der Waals surface area (Å²) in [6.07, 6.45) is 2.67. The molecule has 1 aliphatic heterocycles. The van der Waals surface area contributed by atoms with Crippen molar-refractivity contribution >= 4 is 29.1 Å². The Labute approximate surface area is 165 Å². The van der Waals surface area contributed by atoms with Crippen molar-refractivity contribution in [1.29, 1.82) is 0 Å². The molecular weight excluding hydrogens is 367 g/mol. The van der Waals surface area contributed by atoms with E-state index in [1.807, 2.05) is 60.5 Å². The average molecular weight is 391 g/mol. The topological polar surface area (TPSA) is 32.3 Å². The summed E-state index contributed by atoms with van der Waals surface area (Å²) in [5, 5.41) is 4.73. The van der Waals surface area contributed by atoms with Gasteiger partial charge in [0.15, 0.2) is 0 Å². The van der Waals surface area contributed by atoms with Crippen LogP contribution in [0, 0.1) is 5.92 Å². The summed E-state index contributed by atoms with van der Waals surface area (Å²) in [7, 11) is 1.88. The number of carbonyl (C=O) groups is 1. The Morgan fingerprint density at radius 2 is 1.62 bits per heavy atom. The van der Waals surface area contributed by atoms with Crippen molar-refractivity contribution in [3.8, 4) is 0 Å². The van der Waals surface area contributed by atoms with Crippen LogP contribution >= 0.6 is 23.2 Å². The maximum absolute atomic E-state index is 12.9. The molecule has 0 spiro atoms. The molecular formula is C21H24Cl2N2O. The van der Waals surface area contributed by atoms with Gasteiger partial charge in [-0.1, -0.05) is 47.5 Å². The standard InChI is InChI=1S/C21H24Cl2N2O/c1-25(20(26)11-2-15-12-13-24-14-15)21(16-3-7-18(22)8-4-16)17-5-9-19(23)10-6-17/h3-10,15,21,24H,2,11-14H2,1H3. The number of hydrogen-bond donors (Lipinski definition) is 1. The van der Waals surface area contributed by atoms with Gasteiger partial charge >= 0.3 is 0 Å². The second kappa shape index (κ2) is 8.90. The molecule has 0 aromatic heterocycles. The summed E-state index contributed by atoms with van der Waals surface area (Å²) in [5.74, 6) is 0.767. The number of benzene rings is 2. The van der Waals surface area contributed by atoms with Gasteiger partial charge in [-0.25, -0.2) is 0 Å². The van der Waals surface area contributed by atoms with Gasteiger partial charge in [-0.15, -0.1) is 0 Å². The van der Waals surface area contributed by atoms with Gasteiger partial charge in [-0.2, -0.15) is 0 Å². The van der Waals surface area contributed by atoms with Crippen LogP contribution < -0.4 is 5.32 Å². The summed E-state index contributed by atoms with van der Waals surface area (Å²) >= 11 is 12.1. The summed E-state index contributed by atoms with van der Waals surface area (Å²) in [5.41, 5.74) is 2.07. The molecule has 1 saturated heterocycles. The Bertz CT molecular complexity index is 679. The van der Waals surface area contributed by atoms with Crippen molar-refractivity contribution in [2.45, 2.75) is 25.3 Å². The lowest BCUT2D eigenvalue weighted by atomic mass is 9.96. The Balaban J connectivity index is 1.80. The molecule has 138 valence electrons. The summed E-state index contributed by atoms with van der Waals surface area (Å²) in [6, 6.07) is 15.2. The van der Waals surface area contributed by atoms with E-state index in [2.05, 4.69) is 5.32 Å². The predicted molar refractivity (Wildman–Crippen MR) is 108 cm³/mol. The van der Waals surface area contributed by atoms with Gasteiger partial charge in [0.1, 0.15) is 0 Å². The summed E-state index contributed by atoms with van der Waals surface area (Å²) in [4.78, 5) is 14.7. The summed E-state index contributed by atoms with van der Waals surface area (Å²) in [6.45, 7) is 2.08. The number of nitrogens with zero attached hydrogens (tertiary/aromatic N) is 1. The van der Waals surface area contributed by atoms with Gasteiger partial charge in [0.25, 0.3) is 0 Å². The van der Waals surface area contributed by atoms with E-state index in [9.17, 15) is 4.79 Å². The molecule has 2 aromatic carbocycles. The first kappa shape index (κ1) is 19.2. The van der Waals surface area contributed by atoms with Crippen molar-refractivity contribution in [2.75, 3.05) is 20.1 Å². The third-order valence-corrected chi connectivity index (χ3v) is 5.58. The van der Waals surface area contributed by atoms with Gasteiger partial charge < -0.3 is 10.2 Å². The van der Waals surface area contributed by atoms with Crippen LogP contribution in [0.1, 0.15) is 36.4 Å². The van der Waals surface area contributed by atoms with Crippen molar-refractivity contribution in [3.63, 3.8) is 0 Å². The number of nitrogens with one attached hydrogen (secondary N) is 1. The molecule has 1 N–H and O–H groups in total. The molecule has 26 heavy (non-hydrogen) atoms. The molecule has 1 aliphatic rings. The monoisotopic (exact) mass is 390 g/mol. The molecule has 2 aromatic rings. The van der Waals surface area contributed by atoms with Crippen molar-refractivity contribution in [2.24, 2.45) is 5.92 Å². The maximum Gasteiger partial charge on any atom is 0.223 e. The van der Waals surface area contributed by atoms with Gasteiger partial charge in [0.05, 0.1) is 6.04 Å². The second-order valence-corrected chi connectivity index (χ2v) is 7.78. The smallest absolute Gasteiger partial charge is 0.223 e. The van der Waals surface area contributed by atoms with E-state index in [0.29, 0.717) is 22.4 Å². The van der Waals surface area contributed by atoms with Crippen LogP contribution in [-0.2, 0) is 4.79 Å². The molecule has 3 rings (SSSR count). The highest BCUT2D eigenvalue weighted by molar-refractivity contribution is 6.30. The molecule has 0 bridgehead atoms. The maximum atomic E-state index is 12.9. The molecule has 0 aliphatic carbocycles. The molecule has 1 amide bonds. The van der Waals surface area contributed by atoms with Crippen molar-refractivity contribution < 1.29 is 4.79 Å². The highest BCUT2D eigenvalue weighted by Gasteiger charge is 2.24. The van der Waals surface area contributed by atoms with Gasteiger partial charge in [0, 0.05) is 23.5 Å². The van der Waals surface area contributed by atoms with E-state index in [1.54, 1.807) is 0 Å². The van der Waals surface area contributed by atoms with E-state index in [-0.39, 0.29) is 11.9 Å². The van der Waals surface area contributed by atoms with E-state index in [4.69, 9.17) is 23.2 Å². The fraction of sp³-hybridized carbons (Fsp3) is 0.381. The first-order valence-corrected chi connectivity index (χ1v) is 9.77. The molecule has 1 unspecified atom stereocenters. The van der Waals surface area contributed by atoms with Crippen LogP contribution in [0.4, 0.5) is 0 Å². The predicted octanol–water partition coefficient (Wildman–Crippen LogP) is 4.93. The first-order chi connectivity index (χ1) is 12.5. The highest BCUT2D eigenvalue weighted by Crippen LogP contribution is 2.30. The Kier molecular flexibility index (Phi) is 6.58. The fourth-order valence-corrected chi connectivity index (χ4v) is 3.79. The van der Waals surface area contributed by atoms with Crippen LogP contribution in [0.3, 0.4) is 0 Å². The Hall–Kier alpha value is -1.55. The van der Waals surface area contributed by atoms with Crippen LogP contribution in [-0.4, -0.2) is 30.9 Å². The largest absolute Gasteiger partial charge is 0.335 e. The van der Waals surface area contributed by atoms with Gasteiger partial charge in [0.2, 0.25) is 5.91 Å². The van der Waals surface area contributed by atoms with Crippen LogP contribution in [0.15, 0.2) is 48.5 Å². The minimum atomic E-state index is -0.154. The van der Waals surface area contributed by atoms with E-state index < -0.39 is 0 Å². The quantitative estimate of drug-likeness (QED) is 0.757. The molecule has 0 saturated carbocycles. The summed E-state index contributed by atoms with van der Waals surface area (Å²) < 4.78 is 0. The molecule has 5 heteroatoms. The number of carbonyl (C=O) groups excluding carboxylic acids is 1. The van der Waals surface area contributed by atoms with Gasteiger partial charge in [-0.05, 0) is 67.2 Å². The highest BCUT2D eigenvalue weighted by atomic mass is 35.5. The molecule has 1 atom stereocenters. The minimum absolute atomic E-state index is 0.154. The SMILES string of the molecule is CN(C(=O)CCC1CCNC1)C(c1ccc(Cl)cc1)c1ccc(Cl)cc1. The second-order valence-electron chi connectivity index (χ2n) is 6.91. The Morgan fingerprint density at radius 1 is 1.08 bits per heavy atom. The number of rotatable bonds is 6. The lowest BCUT2D eigenvalue weighted by Gasteiger charge is -2.30. The van der Waals surface area contributed by atoms with Crippen LogP contribution in [0.2, 0.25) is 10.0 Å². The molecule has 3 nitrogen and oxygen atoms in total. The zero-order chi connectivity index (χ0) is 18.5. The van der Waals surface area contributed by atoms with Gasteiger partial charge in [-0.3, -0.25) is 4.79 Å². The van der Waals surface area contributed by atoms with Crippen LogP contribution in [0.5, 0.6) is 0 Å². The fourth-order valence-electron chi connectivity index (χ4n) is 3.54. The first-order valence-electron chi connectivity index (χ1n) is 9.02. The lowest BCUT2D eigenvalue weighted by Crippen LogP contribution is -2.32. The zero-order valence-electron chi connectivity index (χ0n) is 14.9. The van der Waals surface area contributed by atoms with E-state index in [0.717, 1.165) is 37.1 Å². The number of halogens is 2. The molecule has 1 heterocycles. The third-order valence-electron chi connectivity index (χ3n) is 5.08. The Morgan fingerprint density at radius 3 is 2.08 bits per heavy atom. The number of hydrogen-bond acceptors (Lipinski definition) is 2. The van der Waals surface area contributed by atoms with Crippen molar-refractivity contribution in [3.05, 3.63) is 69.7 Å². The minimum Gasteiger partial charge on any atom is -0.335 e. The van der Waals surface area contributed by atoms with E-state index in [1.165, 1.54) is 0 Å². The molecule has 0 radical (unpaired) electrons. The molecule has 1 fully saturated rings. The third kappa shape index (κ3) is 4.79. The zero-order valence-corrected chi connectivity index (χ0v) is 16.4. The van der Waals surface area contributed by atoms with Crippen LogP contribution in [0.25, 0.3) is 0 Å². The number of amides is 1. The van der Waals surface area contributed by atoms with E-state index >= 15 is 0 Å². The normalized spacial score (nSPS) is 16.8.